The first-order valence-electron chi connectivity index (χ1n) is 8.67. The van der Waals surface area contributed by atoms with Crippen molar-refractivity contribution in [3.63, 3.8) is 0 Å². The van der Waals surface area contributed by atoms with Crippen molar-refractivity contribution in [1.29, 1.82) is 0 Å². The van der Waals surface area contributed by atoms with E-state index in [2.05, 4.69) is 14.7 Å². The van der Waals surface area contributed by atoms with Gasteiger partial charge < -0.3 is 5.73 Å². The first-order chi connectivity index (χ1) is 13.9. The van der Waals surface area contributed by atoms with Crippen molar-refractivity contribution in [2.45, 2.75) is 4.90 Å². The molecule has 0 bridgehead atoms. The molecule has 0 atom stereocenters. The summed E-state index contributed by atoms with van der Waals surface area (Å²) in [6.07, 6.45) is 2.80. The Kier molecular flexibility index (Phi) is 4.61. The van der Waals surface area contributed by atoms with Crippen LogP contribution in [0.2, 0.25) is 0 Å². The predicted octanol–water partition coefficient (Wildman–Crippen LogP) is 1.94. The Labute approximate surface area is 166 Å². The molecule has 0 saturated heterocycles. The Bertz CT molecular complexity index is 1380. The molecule has 2 aromatic carbocycles. The van der Waals surface area contributed by atoms with Crippen LogP contribution in [0.25, 0.3) is 27.7 Å². The highest BCUT2D eigenvalue weighted by molar-refractivity contribution is 7.89. The third kappa shape index (κ3) is 3.37. The molecule has 0 aliphatic carbocycles. The van der Waals surface area contributed by atoms with Gasteiger partial charge in [0.1, 0.15) is 4.90 Å². The number of nitrogens with two attached hydrogens (primary N) is 1. The molecule has 0 unspecified atom stereocenters. The summed E-state index contributed by atoms with van der Waals surface area (Å²) in [6, 6.07) is 15.6. The Morgan fingerprint density at radius 2 is 1.76 bits per heavy atom. The van der Waals surface area contributed by atoms with Gasteiger partial charge in [0.15, 0.2) is 0 Å². The lowest BCUT2D eigenvalue weighted by Gasteiger charge is -2.11. The molecule has 0 aliphatic rings. The summed E-state index contributed by atoms with van der Waals surface area (Å²) in [4.78, 5) is 21.5. The summed E-state index contributed by atoms with van der Waals surface area (Å²) >= 11 is 0. The van der Waals surface area contributed by atoms with Crippen molar-refractivity contribution in [2.24, 2.45) is 0 Å². The second kappa shape index (κ2) is 7.12. The average molecular weight is 407 g/mol. The van der Waals surface area contributed by atoms with E-state index in [9.17, 15) is 13.2 Å². The summed E-state index contributed by atoms with van der Waals surface area (Å²) in [5.41, 5.74) is 7.97. The molecular formula is C20H17N5O3S. The first-order valence-corrected chi connectivity index (χ1v) is 10.2. The van der Waals surface area contributed by atoms with Crippen LogP contribution in [-0.4, -0.2) is 30.0 Å². The van der Waals surface area contributed by atoms with E-state index in [-0.39, 0.29) is 16.4 Å². The molecule has 29 heavy (non-hydrogen) atoms. The van der Waals surface area contributed by atoms with E-state index >= 15 is 0 Å². The predicted molar refractivity (Wildman–Crippen MR) is 111 cm³/mol. The zero-order valence-corrected chi connectivity index (χ0v) is 16.2. The van der Waals surface area contributed by atoms with E-state index in [0.29, 0.717) is 27.7 Å². The molecule has 0 spiro atoms. The summed E-state index contributed by atoms with van der Waals surface area (Å²) in [5, 5.41) is 0.363. The van der Waals surface area contributed by atoms with Gasteiger partial charge >= 0.3 is 0 Å². The minimum atomic E-state index is -3.63. The van der Waals surface area contributed by atoms with Crippen molar-refractivity contribution in [1.82, 2.24) is 19.3 Å². The number of hydrogen-bond acceptors (Lipinski definition) is 6. The van der Waals surface area contributed by atoms with Crippen molar-refractivity contribution in [3.05, 3.63) is 77.3 Å². The molecule has 0 fully saturated rings. The maximum atomic E-state index is 13.1. The van der Waals surface area contributed by atoms with Gasteiger partial charge in [-0.15, -0.1) is 0 Å². The fraction of sp³-hybridized carbons (Fsp3) is 0.0500. The minimum absolute atomic E-state index is 0.0368. The van der Waals surface area contributed by atoms with Crippen LogP contribution in [-0.2, 0) is 10.0 Å². The molecule has 9 heteroatoms. The van der Waals surface area contributed by atoms with E-state index in [1.165, 1.54) is 30.1 Å². The zero-order chi connectivity index (χ0) is 20.6. The lowest BCUT2D eigenvalue weighted by Crippen LogP contribution is -2.23. The number of nitrogens with zero attached hydrogens (tertiary/aromatic N) is 3. The molecule has 2 aromatic heterocycles. The maximum absolute atomic E-state index is 13.1. The fourth-order valence-electron chi connectivity index (χ4n) is 3.05. The monoisotopic (exact) mass is 407 g/mol. The third-order valence-corrected chi connectivity index (χ3v) is 5.92. The number of nitrogen functional groups attached to an aromatic ring is 1. The highest BCUT2D eigenvalue weighted by Crippen LogP contribution is 2.24. The number of nitrogens with one attached hydrogen (secondary N) is 1. The van der Waals surface area contributed by atoms with Gasteiger partial charge in [-0.3, -0.25) is 9.78 Å². The van der Waals surface area contributed by atoms with Gasteiger partial charge in [-0.05, 0) is 42.9 Å². The van der Waals surface area contributed by atoms with E-state index in [4.69, 9.17) is 5.73 Å². The molecule has 0 amide bonds. The lowest BCUT2D eigenvalue weighted by atomic mass is 10.1. The molecule has 8 nitrogen and oxygen atoms in total. The van der Waals surface area contributed by atoms with Crippen LogP contribution in [0.4, 0.5) is 5.95 Å². The highest BCUT2D eigenvalue weighted by atomic mass is 32.2. The summed E-state index contributed by atoms with van der Waals surface area (Å²) in [5.74, 6) is 0.0882. The molecule has 0 aliphatic heterocycles. The number of benzene rings is 2. The van der Waals surface area contributed by atoms with Gasteiger partial charge in [0.05, 0.1) is 16.6 Å². The largest absolute Gasteiger partial charge is 0.369 e. The average Bonchev–Trinajstić information content (AvgIpc) is 2.74. The quantitative estimate of drug-likeness (QED) is 0.533. The van der Waals surface area contributed by atoms with Crippen LogP contribution in [0.15, 0.2) is 76.7 Å². The van der Waals surface area contributed by atoms with Crippen LogP contribution in [0.5, 0.6) is 0 Å². The minimum Gasteiger partial charge on any atom is -0.369 e. The molecule has 3 N–H and O–H groups in total. The van der Waals surface area contributed by atoms with Gasteiger partial charge in [0.2, 0.25) is 16.0 Å². The van der Waals surface area contributed by atoms with Crippen LogP contribution in [0, 0.1) is 0 Å². The van der Waals surface area contributed by atoms with Crippen molar-refractivity contribution < 1.29 is 8.42 Å². The van der Waals surface area contributed by atoms with E-state index < -0.39 is 10.0 Å². The number of aromatic nitrogens is 3. The van der Waals surface area contributed by atoms with E-state index in [1.54, 1.807) is 42.5 Å². The molecule has 0 radical (unpaired) electrons. The van der Waals surface area contributed by atoms with Gasteiger partial charge in [-0.2, -0.15) is 0 Å². The van der Waals surface area contributed by atoms with Gasteiger partial charge in [0, 0.05) is 18.0 Å². The third-order valence-electron chi connectivity index (χ3n) is 4.53. The van der Waals surface area contributed by atoms with Crippen LogP contribution < -0.4 is 16.0 Å². The Morgan fingerprint density at radius 3 is 2.48 bits per heavy atom. The Hall–Kier alpha value is -3.56. The van der Waals surface area contributed by atoms with Crippen molar-refractivity contribution in [2.75, 3.05) is 12.8 Å². The van der Waals surface area contributed by atoms with Gasteiger partial charge in [-0.1, -0.05) is 24.3 Å². The van der Waals surface area contributed by atoms with Gasteiger partial charge in [-0.25, -0.2) is 22.7 Å². The zero-order valence-electron chi connectivity index (χ0n) is 15.4. The Balaban J connectivity index is 1.91. The van der Waals surface area contributed by atoms with Crippen LogP contribution in [0.1, 0.15) is 0 Å². The topological polar surface area (TPSA) is 120 Å². The fourth-order valence-corrected chi connectivity index (χ4v) is 3.77. The summed E-state index contributed by atoms with van der Waals surface area (Å²) in [7, 11) is -2.30. The van der Waals surface area contributed by atoms with E-state index in [1.807, 2.05) is 6.07 Å². The highest BCUT2D eigenvalue weighted by Gasteiger charge is 2.15. The number of para-hydroxylation sites is 1. The second-order valence-electron chi connectivity index (χ2n) is 6.29. The molecule has 0 saturated carbocycles. The standard InChI is InChI=1S/C20H17N5O3S/c1-22-29(27,28)16-9-14(11-23-12-16)13-7-8-18-17(10-13)19(26)25(20(21)24-18)15-5-3-2-4-6-15/h2-12,22H,1H3,(H2,21,24). The smallest absolute Gasteiger partial charge is 0.267 e. The van der Waals surface area contributed by atoms with Crippen LogP contribution in [0.3, 0.4) is 0 Å². The molecule has 4 rings (SSSR count). The summed E-state index contributed by atoms with van der Waals surface area (Å²) in [6.45, 7) is 0. The normalized spacial score (nSPS) is 11.6. The number of rotatable bonds is 4. The molecular weight excluding hydrogens is 390 g/mol. The molecule has 146 valence electrons. The molecule has 2 heterocycles. The number of anilines is 1. The number of hydrogen-bond donors (Lipinski definition) is 2. The number of pyridine rings is 1. The van der Waals surface area contributed by atoms with E-state index in [0.717, 1.165) is 0 Å². The van der Waals surface area contributed by atoms with Gasteiger partial charge in [0.25, 0.3) is 5.56 Å². The molecule has 4 aromatic rings. The second-order valence-corrected chi connectivity index (χ2v) is 8.18. The van der Waals surface area contributed by atoms with Crippen LogP contribution >= 0.6 is 0 Å². The lowest BCUT2D eigenvalue weighted by molar-refractivity contribution is 0.588. The number of fused-ring (bicyclic) bond motifs is 1. The maximum Gasteiger partial charge on any atom is 0.267 e. The SMILES string of the molecule is CNS(=O)(=O)c1cncc(-c2ccc3nc(N)n(-c4ccccc4)c(=O)c3c2)c1. The van der Waals surface area contributed by atoms with Crippen molar-refractivity contribution in [3.8, 4) is 16.8 Å². The Morgan fingerprint density at radius 1 is 1.00 bits per heavy atom. The van der Waals surface area contributed by atoms with Crippen molar-refractivity contribution >= 4 is 26.9 Å². The number of sulfonamides is 1. The first kappa shape index (κ1) is 18.8. The summed E-state index contributed by atoms with van der Waals surface area (Å²) < 4.78 is 27.7.